The highest BCUT2D eigenvalue weighted by Crippen LogP contribution is 2.41. The normalized spacial score (nSPS) is 23.3. The molecule has 4 nitrogen and oxygen atoms in total. The molecular weight excluding hydrogens is 238 g/mol. The number of ether oxygens (including phenoxy) is 1. The number of aliphatic imine (C=N–C) groups is 1. The second-order valence-corrected chi connectivity index (χ2v) is 6.33. The maximum atomic E-state index is 5.97. The van der Waals surface area contributed by atoms with E-state index < -0.39 is 0 Å². The lowest BCUT2D eigenvalue weighted by Crippen LogP contribution is -2.38. The monoisotopic (exact) mass is 267 g/mol. The number of methoxy groups -OCH3 is 1. The smallest absolute Gasteiger partial charge is 0.188 e. The largest absolute Gasteiger partial charge is 0.385 e. The van der Waals surface area contributed by atoms with Crippen LogP contribution in [0, 0.1) is 11.3 Å². The lowest BCUT2D eigenvalue weighted by Gasteiger charge is -2.28. The summed E-state index contributed by atoms with van der Waals surface area (Å²) in [7, 11) is 1.78. The van der Waals surface area contributed by atoms with E-state index in [4.69, 9.17) is 10.5 Å². The molecule has 19 heavy (non-hydrogen) atoms. The van der Waals surface area contributed by atoms with Crippen LogP contribution in [0.1, 0.15) is 51.4 Å². The number of nitrogens with one attached hydrogen (secondary N) is 1. The average Bonchev–Trinajstić information content (AvgIpc) is 2.81. The van der Waals surface area contributed by atoms with Gasteiger partial charge >= 0.3 is 0 Å². The second kappa shape index (κ2) is 7.13. The van der Waals surface area contributed by atoms with Crippen molar-refractivity contribution in [1.29, 1.82) is 0 Å². The fourth-order valence-corrected chi connectivity index (χ4v) is 3.19. The van der Waals surface area contributed by atoms with Crippen LogP contribution in [-0.4, -0.2) is 32.8 Å². The first-order chi connectivity index (χ1) is 9.24. The molecule has 4 heteroatoms. The summed E-state index contributed by atoms with van der Waals surface area (Å²) in [6, 6.07) is 0. The number of hydrogen-bond acceptors (Lipinski definition) is 2. The number of guanidine groups is 1. The molecule has 0 aliphatic heterocycles. The van der Waals surface area contributed by atoms with Gasteiger partial charge in [0.05, 0.1) is 0 Å². The van der Waals surface area contributed by atoms with E-state index in [0.717, 1.165) is 32.0 Å². The van der Waals surface area contributed by atoms with Crippen LogP contribution in [0.2, 0.25) is 0 Å². The standard InChI is InChI=1S/C15H29N3O/c1-19-10-9-15(7-2-3-8-15)12-18-14(16)17-11-13-5-4-6-13/h13H,2-12H2,1H3,(H3,16,17,18). The molecule has 2 rings (SSSR count). The molecule has 0 heterocycles. The lowest BCUT2D eigenvalue weighted by molar-refractivity contribution is 0.141. The fourth-order valence-electron chi connectivity index (χ4n) is 3.19. The minimum absolute atomic E-state index is 0.346. The minimum Gasteiger partial charge on any atom is -0.385 e. The van der Waals surface area contributed by atoms with Crippen molar-refractivity contribution in [3.05, 3.63) is 0 Å². The van der Waals surface area contributed by atoms with Crippen LogP contribution in [-0.2, 0) is 4.74 Å². The Morgan fingerprint density at radius 2 is 2.05 bits per heavy atom. The third-order valence-electron chi connectivity index (χ3n) is 4.88. The van der Waals surface area contributed by atoms with Gasteiger partial charge in [-0.1, -0.05) is 19.3 Å². The summed E-state index contributed by atoms with van der Waals surface area (Å²) in [6.07, 6.45) is 10.4. The molecule has 0 saturated heterocycles. The van der Waals surface area contributed by atoms with Gasteiger partial charge in [-0.25, -0.2) is 0 Å². The molecule has 0 unspecified atom stereocenters. The van der Waals surface area contributed by atoms with Crippen molar-refractivity contribution >= 4 is 5.96 Å². The van der Waals surface area contributed by atoms with E-state index in [9.17, 15) is 0 Å². The van der Waals surface area contributed by atoms with Crippen molar-refractivity contribution in [3.8, 4) is 0 Å². The van der Waals surface area contributed by atoms with E-state index in [1.807, 2.05) is 0 Å². The molecule has 0 aromatic rings. The van der Waals surface area contributed by atoms with Crippen molar-refractivity contribution in [3.63, 3.8) is 0 Å². The summed E-state index contributed by atoms with van der Waals surface area (Å²) in [5.41, 5.74) is 6.32. The Morgan fingerprint density at radius 3 is 2.63 bits per heavy atom. The van der Waals surface area contributed by atoms with E-state index in [1.165, 1.54) is 44.9 Å². The quantitative estimate of drug-likeness (QED) is 0.549. The van der Waals surface area contributed by atoms with E-state index >= 15 is 0 Å². The molecule has 2 aliphatic carbocycles. The molecule has 0 spiro atoms. The average molecular weight is 267 g/mol. The molecule has 0 aromatic heterocycles. The number of rotatable bonds is 7. The third kappa shape index (κ3) is 4.37. The molecule has 0 radical (unpaired) electrons. The Balaban J connectivity index is 1.75. The predicted octanol–water partition coefficient (Wildman–Crippen LogP) is 2.29. The van der Waals surface area contributed by atoms with Crippen molar-refractivity contribution in [2.75, 3.05) is 26.8 Å². The Kier molecular flexibility index (Phi) is 5.49. The van der Waals surface area contributed by atoms with Crippen LogP contribution in [0.4, 0.5) is 0 Å². The lowest BCUT2D eigenvalue weighted by atomic mass is 9.83. The van der Waals surface area contributed by atoms with Crippen molar-refractivity contribution in [2.45, 2.75) is 51.4 Å². The Labute approximate surface area is 117 Å². The minimum atomic E-state index is 0.346. The molecule has 2 saturated carbocycles. The van der Waals surface area contributed by atoms with Crippen LogP contribution in [0.15, 0.2) is 4.99 Å². The van der Waals surface area contributed by atoms with Gasteiger partial charge in [-0.2, -0.15) is 0 Å². The highest BCUT2D eigenvalue weighted by molar-refractivity contribution is 5.77. The van der Waals surface area contributed by atoms with Gasteiger partial charge in [0.2, 0.25) is 0 Å². The van der Waals surface area contributed by atoms with Crippen LogP contribution >= 0.6 is 0 Å². The number of nitrogens with two attached hydrogens (primary N) is 1. The van der Waals surface area contributed by atoms with Crippen LogP contribution < -0.4 is 11.1 Å². The molecular formula is C15H29N3O. The van der Waals surface area contributed by atoms with Crippen LogP contribution in [0.5, 0.6) is 0 Å². The van der Waals surface area contributed by atoms with E-state index in [-0.39, 0.29) is 0 Å². The predicted molar refractivity (Wildman–Crippen MR) is 79.2 cm³/mol. The summed E-state index contributed by atoms with van der Waals surface area (Å²) in [5.74, 6) is 1.46. The van der Waals surface area contributed by atoms with E-state index in [2.05, 4.69) is 10.3 Å². The van der Waals surface area contributed by atoms with Crippen LogP contribution in [0.25, 0.3) is 0 Å². The summed E-state index contributed by atoms with van der Waals surface area (Å²) >= 11 is 0. The van der Waals surface area contributed by atoms with Gasteiger partial charge < -0.3 is 15.8 Å². The van der Waals surface area contributed by atoms with Crippen molar-refractivity contribution in [1.82, 2.24) is 5.32 Å². The van der Waals surface area contributed by atoms with Crippen LogP contribution in [0.3, 0.4) is 0 Å². The molecule has 0 aromatic carbocycles. The highest BCUT2D eigenvalue weighted by Gasteiger charge is 2.33. The maximum absolute atomic E-state index is 5.97. The van der Waals surface area contributed by atoms with E-state index in [0.29, 0.717) is 11.4 Å². The van der Waals surface area contributed by atoms with Gasteiger partial charge in [-0.05, 0) is 43.4 Å². The molecule has 3 N–H and O–H groups in total. The molecule has 2 aliphatic rings. The topological polar surface area (TPSA) is 59.6 Å². The molecule has 0 atom stereocenters. The Bertz CT molecular complexity index is 294. The molecule has 2 fully saturated rings. The first kappa shape index (κ1) is 14.6. The summed E-state index contributed by atoms with van der Waals surface area (Å²) < 4.78 is 5.24. The third-order valence-corrected chi connectivity index (χ3v) is 4.88. The number of hydrogen-bond donors (Lipinski definition) is 2. The molecule has 110 valence electrons. The number of nitrogens with zero attached hydrogens (tertiary/aromatic N) is 1. The SMILES string of the molecule is COCCC1(CN=C(N)NCC2CCC2)CCCC1. The summed E-state index contributed by atoms with van der Waals surface area (Å²) in [6.45, 7) is 2.70. The molecule has 0 amide bonds. The maximum Gasteiger partial charge on any atom is 0.188 e. The summed E-state index contributed by atoms with van der Waals surface area (Å²) in [4.78, 5) is 4.59. The zero-order valence-electron chi connectivity index (χ0n) is 12.3. The van der Waals surface area contributed by atoms with E-state index in [1.54, 1.807) is 7.11 Å². The van der Waals surface area contributed by atoms with Gasteiger partial charge in [-0.3, -0.25) is 4.99 Å². The van der Waals surface area contributed by atoms with Crippen molar-refractivity contribution in [2.24, 2.45) is 22.1 Å². The Hall–Kier alpha value is -0.770. The summed E-state index contributed by atoms with van der Waals surface area (Å²) in [5, 5.41) is 3.28. The zero-order valence-corrected chi connectivity index (χ0v) is 12.3. The first-order valence-electron chi connectivity index (χ1n) is 7.77. The van der Waals surface area contributed by atoms with Gasteiger partial charge in [0, 0.05) is 26.8 Å². The van der Waals surface area contributed by atoms with Gasteiger partial charge in [0.25, 0.3) is 0 Å². The highest BCUT2D eigenvalue weighted by atomic mass is 16.5. The van der Waals surface area contributed by atoms with Gasteiger partial charge in [0.15, 0.2) is 5.96 Å². The van der Waals surface area contributed by atoms with Gasteiger partial charge in [-0.15, -0.1) is 0 Å². The zero-order chi connectivity index (χ0) is 13.6. The van der Waals surface area contributed by atoms with Gasteiger partial charge in [0.1, 0.15) is 0 Å². The molecule has 0 bridgehead atoms. The second-order valence-electron chi connectivity index (χ2n) is 6.33. The van der Waals surface area contributed by atoms with Crippen molar-refractivity contribution < 1.29 is 4.74 Å². The Morgan fingerprint density at radius 1 is 1.32 bits per heavy atom. The fraction of sp³-hybridized carbons (Fsp3) is 0.933. The first-order valence-corrected chi connectivity index (χ1v) is 7.77.